The van der Waals surface area contributed by atoms with E-state index >= 15 is 0 Å². The highest BCUT2D eigenvalue weighted by Crippen LogP contribution is 2.36. The molecule has 2 unspecified atom stereocenters. The molecule has 1 aliphatic carbocycles. The number of methoxy groups -OCH3 is 2. The average molecular weight is 491 g/mol. The molecule has 0 N–H and O–H groups in total. The Morgan fingerprint density at radius 3 is 2.47 bits per heavy atom. The molecule has 188 valence electrons. The lowest BCUT2D eigenvalue weighted by Crippen LogP contribution is -2.61. The molecule has 3 aromatic rings. The summed E-state index contributed by atoms with van der Waals surface area (Å²) in [6.07, 6.45) is 3.53. The van der Waals surface area contributed by atoms with Gasteiger partial charge < -0.3 is 18.9 Å². The van der Waals surface area contributed by atoms with Crippen LogP contribution in [0.4, 0.5) is 4.79 Å². The Morgan fingerprint density at radius 1 is 0.972 bits per heavy atom. The molecule has 0 radical (unpaired) electrons. The number of carbonyl (C=O) groups is 2. The maximum Gasteiger partial charge on any atom is 0.327 e. The van der Waals surface area contributed by atoms with Crippen molar-refractivity contribution < 1.29 is 23.6 Å². The Balaban J connectivity index is 1.39. The number of amides is 3. The van der Waals surface area contributed by atoms with Gasteiger partial charge >= 0.3 is 6.03 Å². The molecule has 1 saturated heterocycles. The zero-order valence-electron chi connectivity index (χ0n) is 20.8. The number of aromatic nitrogens is 2. The average Bonchev–Trinajstić information content (AvgIpc) is 3.38. The number of fused-ring (bicyclic) bond motifs is 1. The van der Waals surface area contributed by atoms with Crippen LogP contribution in [0.3, 0.4) is 0 Å². The molecule has 2 aliphatic rings. The van der Waals surface area contributed by atoms with Crippen molar-refractivity contribution in [1.29, 1.82) is 0 Å². The molecule has 1 aromatic heterocycles. The Kier molecular flexibility index (Phi) is 6.63. The van der Waals surface area contributed by atoms with Gasteiger partial charge in [-0.3, -0.25) is 9.69 Å². The molecule has 1 saturated carbocycles. The molecule has 0 bridgehead atoms. The van der Waals surface area contributed by atoms with Crippen molar-refractivity contribution in [2.24, 2.45) is 5.92 Å². The number of imide groups is 1. The Bertz CT molecular complexity index is 1260. The predicted molar refractivity (Wildman–Crippen MR) is 131 cm³/mol. The van der Waals surface area contributed by atoms with Crippen LogP contribution in [0.15, 0.2) is 47.0 Å². The zero-order valence-corrected chi connectivity index (χ0v) is 20.8. The first kappa shape index (κ1) is 23.8. The molecule has 5 rings (SSSR count). The van der Waals surface area contributed by atoms with Crippen LogP contribution < -0.4 is 9.47 Å². The van der Waals surface area contributed by atoms with Gasteiger partial charge in [0.1, 0.15) is 6.54 Å². The molecule has 9 nitrogen and oxygen atoms in total. The van der Waals surface area contributed by atoms with E-state index in [1.165, 1.54) is 4.90 Å². The summed E-state index contributed by atoms with van der Waals surface area (Å²) in [5.74, 6) is 1.58. The summed E-state index contributed by atoms with van der Waals surface area (Å²) < 4.78 is 16.2. The summed E-state index contributed by atoms with van der Waals surface area (Å²) in [6, 6.07) is 12.8. The molecule has 1 aliphatic heterocycles. The number of rotatable bonds is 7. The smallest absolute Gasteiger partial charge is 0.327 e. The quantitative estimate of drug-likeness (QED) is 0.478. The van der Waals surface area contributed by atoms with Crippen LogP contribution >= 0.6 is 0 Å². The highest BCUT2D eigenvalue weighted by atomic mass is 16.5. The van der Waals surface area contributed by atoms with Crippen molar-refractivity contribution in [1.82, 2.24) is 19.9 Å². The number of benzene rings is 2. The van der Waals surface area contributed by atoms with Crippen molar-refractivity contribution in [2.75, 3.05) is 14.2 Å². The van der Waals surface area contributed by atoms with Crippen LogP contribution in [-0.4, -0.2) is 52.1 Å². The number of carbonyl (C=O) groups excluding carboxylic acids is 2. The minimum atomic E-state index is -0.311. The van der Waals surface area contributed by atoms with Crippen molar-refractivity contribution in [3.63, 3.8) is 0 Å². The van der Waals surface area contributed by atoms with Crippen LogP contribution in [0.1, 0.15) is 42.7 Å². The maximum absolute atomic E-state index is 13.6. The summed E-state index contributed by atoms with van der Waals surface area (Å²) in [7, 11) is 3.14. The first-order chi connectivity index (χ1) is 17.5. The fourth-order valence-corrected chi connectivity index (χ4v) is 5.13. The highest BCUT2D eigenvalue weighted by Gasteiger charge is 2.47. The molecule has 3 amide bonds. The van der Waals surface area contributed by atoms with E-state index in [0.717, 1.165) is 36.8 Å². The lowest BCUT2D eigenvalue weighted by Gasteiger charge is -2.46. The third-order valence-corrected chi connectivity index (χ3v) is 7.07. The molecular formula is C27H30N4O5. The molecule has 2 fully saturated rings. The molecular weight excluding hydrogens is 460 g/mol. The van der Waals surface area contributed by atoms with E-state index in [4.69, 9.17) is 14.0 Å². The van der Waals surface area contributed by atoms with Crippen LogP contribution in [0, 0.1) is 12.8 Å². The van der Waals surface area contributed by atoms with Crippen LogP contribution in [-0.2, 0) is 17.9 Å². The van der Waals surface area contributed by atoms with E-state index in [0.29, 0.717) is 28.8 Å². The number of nitrogens with zero attached hydrogens (tertiary/aromatic N) is 4. The first-order valence-corrected chi connectivity index (χ1v) is 12.2. The monoisotopic (exact) mass is 490 g/mol. The zero-order chi connectivity index (χ0) is 25.2. The topological polar surface area (TPSA) is 98.0 Å². The van der Waals surface area contributed by atoms with E-state index in [9.17, 15) is 9.59 Å². The van der Waals surface area contributed by atoms with E-state index in [-0.39, 0.29) is 37.0 Å². The SMILES string of the molecule is COc1ccc(-c2noc(CN3C(=O)N(Cc4ccc(C)cc4)C(=O)C4CCCCC43)n2)cc1OC. The first-order valence-electron chi connectivity index (χ1n) is 12.2. The predicted octanol–water partition coefficient (Wildman–Crippen LogP) is 4.59. The minimum Gasteiger partial charge on any atom is -0.493 e. The van der Waals surface area contributed by atoms with Crippen molar-refractivity contribution >= 4 is 11.9 Å². The van der Waals surface area contributed by atoms with Crippen LogP contribution in [0.2, 0.25) is 0 Å². The fourth-order valence-electron chi connectivity index (χ4n) is 5.13. The summed E-state index contributed by atoms with van der Waals surface area (Å²) in [5, 5.41) is 4.12. The lowest BCUT2D eigenvalue weighted by molar-refractivity contribution is -0.141. The maximum atomic E-state index is 13.6. The largest absolute Gasteiger partial charge is 0.493 e. The normalized spacial score (nSPS) is 19.9. The molecule has 9 heteroatoms. The second kappa shape index (κ2) is 10.0. The Labute approximate surface area is 210 Å². The van der Waals surface area contributed by atoms with Gasteiger partial charge in [0.25, 0.3) is 0 Å². The van der Waals surface area contributed by atoms with Crippen molar-refractivity contribution in [2.45, 2.75) is 51.7 Å². The second-order valence-corrected chi connectivity index (χ2v) is 9.36. The standard InChI is InChI=1S/C27H30N4O5/c1-17-8-10-18(11-9-17)15-31-26(32)20-6-4-5-7-21(20)30(27(31)33)16-24-28-25(29-36-24)19-12-13-22(34-2)23(14-19)35-3/h8-14,20-21H,4-7,15-16H2,1-3H3. The summed E-state index contributed by atoms with van der Waals surface area (Å²) in [6.45, 7) is 2.41. The lowest BCUT2D eigenvalue weighted by atomic mass is 9.81. The third-order valence-electron chi connectivity index (χ3n) is 7.07. The van der Waals surface area contributed by atoms with Gasteiger partial charge in [-0.05, 0) is 43.5 Å². The summed E-state index contributed by atoms with van der Waals surface area (Å²) in [5.41, 5.74) is 2.76. The van der Waals surface area contributed by atoms with Gasteiger partial charge in [-0.25, -0.2) is 4.79 Å². The minimum absolute atomic E-state index is 0.0851. The van der Waals surface area contributed by atoms with E-state index in [1.54, 1.807) is 31.3 Å². The van der Waals surface area contributed by atoms with Crippen molar-refractivity contribution in [3.05, 3.63) is 59.5 Å². The number of aryl methyl sites for hydroxylation is 1. The van der Waals surface area contributed by atoms with E-state index < -0.39 is 0 Å². The van der Waals surface area contributed by atoms with Gasteiger partial charge in [0.2, 0.25) is 17.6 Å². The molecule has 36 heavy (non-hydrogen) atoms. The molecule has 2 aromatic carbocycles. The number of ether oxygens (including phenoxy) is 2. The van der Waals surface area contributed by atoms with E-state index in [2.05, 4.69) is 10.1 Å². The van der Waals surface area contributed by atoms with Crippen LogP contribution in [0.25, 0.3) is 11.4 Å². The van der Waals surface area contributed by atoms with Crippen LogP contribution in [0.5, 0.6) is 11.5 Å². The number of hydrogen-bond donors (Lipinski definition) is 0. The van der Waals surface area contributed by atoms with Crippen molar-refractivity contribution in [3.8, 4) is 22.9 Å². The van der Waals surface area contributed by atoms with E-state index in [1.807, 2.05) is 37.3 Å². The highest BCUT2D eigenvalue weighted by molar-refractivity contribution is 5.98. The summed E-state index contributed by atoms with van der Waals surface area (Å²) >= 11 is 0. The van der Waals surface area contributed by atoms with Gasteiger partial charge in [-0.15, -0.1) is 0 Å². The third kappa shape index (κ3) is 4.53. The molecule has 0 spiro atoms. The summed E-state index contributed by atoms with van der Waals surface area (Å²) in [4.78, 5) is 34.6. The van der Waals surface area contributed by atoms with Gasteiger partial charge in [0, 0.05) is 11.6 Å². The molecule has 2 atom stereocenters. The van der Waals surface area contributed by atoms with Gasteiger partial charge in [0.15, 0.2) is 11.5 Å². The Morgan fingerprint density at radius 2 is 1.72 bits per heavy atom. The number of urea groups is 1. The van der Waals surface area contributed by atoms with Gasteiger partial charge in [-0.1, -0.05) is 47.8 Å². The van der Waals surface area contributed by atoms with Gasteiger partial charge in [0.05, 0.1) is 26.7 Å². The second-order valence-electron chi connectivity index (χ2n) is 9.36. The fraction of sp³-hybridized carbons (Fsp3) is 0.407. The molecule has 2 heterocycles. The van der Waals surface area contributed by atoms with Gasteiger partial charge in [-0.2, -0.15) is 4.98 Å². The number of hydrogen-bond acceptors (Lipinski definition) is 7. The Hall–Kier alpha value is -3.88.